The van der Waals surface area contributed by atoms with Crippen LogP contribution in [-0.2, 0) is 19.0 Å². The van der Waals surface area contributed by atoms with Gasteiger partial charge in [-0.2, -0.15) is 13.2 Å². The summed E-state index contributed by atoms with van der Waals surface area (Å²) in [7, 11) is 0. The van der Waals surface area contributed by atoms with Gasteiger partial charge in [0.25, 0.3) is 0 Å². The minimum atomic E-state index is -4.34. The number of aryl methyl sites for hydroxylation is 2. The van der Waals surface area contributed by atoms with Gasteiger partial charge in [0.15, 0.2) is 5.78 Å². The zero-order chi connectivity index (χ0) is 19.4. The molecule has 0 aliphatic rings. The lowest BCUT2D eigenvalue weighted by Gasteiger charge is -2.11. The first-order chi connectivity index (χ1) is 12.9. The van der Waals surface area contributed by atoms with E-state index >= 15 is 0 Å². The van der Waals surface area contributed by atoms with Crippen LogP contribution >= 0.6 is 0 Å². The number of ketones is 1. The van der Waals surface area contributed by atoms with E-state index in [4.69, 9.17) is 5.73 Å². The predicted molar refractivity (Wildman–Crippen MR) is 99.6 cm³/mol. The fourth-order valence-corrected chi connectivity index (χ4v) is 2.95. The Bertz CT molecular complexity index is 946. The van der Waals surface area contributed by atoms with Crippen molar-refractivity contribution in [2.24, 2.45) is 0 Å². The summed E-state index contributed by atoms with van der Waals surface area (Å²) < 4.78 is 38.0. The van der Waals surface area contributed by atoms with Gasteiger partial charge in [0, 0.05) is 16.8 Å². The molecule has 3 aromatic carbocycles. The number of anilines is 1. The highest BCUT2D eigenvalue weighted by Crippen LogP contribution is 2.29. The summed E-state index contributed by atoms with van der Waals surface area (Å²) in [4.78, 5) is 12.8. The fraction of sp³-hybridized carbons (Fsp3) is 0.136. The molecular weight excluding hydrogens is 351 g/mol. The van der Waals surface area contributed by atoms with Crippen LogP contribution < -0.4 is 5.73 Å². The van der Waals surface area contributed by atoms with Crippen molar-refractivity contribution in [3.63, 3.8) is 0 Å². The van der Waals surface area contributed by atoms with Gasteiger partial charge in [0.1, 0.15) is 0 Å². The van der Waals surface area contributed by atoms with Crippen LogP contribution in [-0.4, -0.2) is 5.78 Å². The highest BCUT2D eigenvalue weighted by Gasteiger charge is 2.29. The van der Waals surface area contributed by atoms with Crippen molar-refractivity contribution in [3.8, 4) is 0 Å². The summed E-state index contributed by atoms with van der Waals surface area (Å²) in [6.07, 6.45) is -3.26. The maximum atomic E-state index is 12.8. The van der Waals surface area contributed by atoms with Crippen molar-refractivity contribution in [2.45, 2.75) is 19.0 Å². The lowest BCUT2D eigenvalue weighted by atomic mass is 9.93. The highest BCUT2D eigenvalue weighted by molar-refractivity contribution is 6.12. The summed E-state index contributed by atoms with van der Waals surface area (Å²) in [6, 6.07) is 19.2. The summed E-state index contributed by atoms with van der Waals surface area (Å²) >= 11 is 0. The van der Waals surface area contributed by atoms with Crippen LogP contribution in [0.25, 0.3) is 0 Å². The number of hydrogen-bond acceptors (Lipinski definition) is 2. The molecule has 0 unspecified atom stereocenters. The number of hydrogen-bond donors (Lipinski definition) is 1. The van der Waals surface area contributed by atoms with E-state index in [1.165, 1.54) is 12.1 Å². The summed E-state index contributed by atoms with van der Waals surface area (Å²) in [6.45, 7) is 0. The van der Waals surface area contributed by atoms with Gasteiger partial charge in [-0.15, -0.1) is 0 Å². The molecule has 0 aliphatic carbocycles. The van der Waals surface area contributed by atoms with Crippen LogP contribution in [0.3, 0.4) is 0 Å². The molecule has 3 aromatic rings. The van der Waals surface area contributed by atoms with Gasteiger partial charge >= 0.3 is 6.18 Å². The number of carbonyl (C=O) groups is 1. The Kier molecular flexibility index (Phi) is 5.31. The first kappa shape index (κ1) is 18.7. The lowest BCUT2D eigenvalue weighted by Crippen LogP contribution is -2.09. The molecule has 2 nitrogen and oxygen atoms in total. The summed E-state index contributed by atoms with van der Waals surface area (Å²) in [5, 5.41) is 0. The van der Waals surface area contributed by atoms with Gasteiger partial charge in [-0.05, 0) is 48.2 Å². The molecule has 0 saturated carbocycles. The van der Waals surface area contributed by atoms with E-state index in [0.717, 1.165) is 23.3 Å². The quantitative estimate of drug-likeness (QED) is 0.490. The molecule has 2 N–H and O–H groups in total. The van der Waals surface area contributed by atoms with Gasteiger partial charge in [-0.25, -0.2) is 0 Å². The van der Waals surface area contributed by atoms with Crippen LogP contribution in [0.4, 0.5) is 18.9 Å². The van der Waals surface area contributed by atoms with Gasteiger partial charge in [0.05, 0.1) is 5.56 Å². The number of rotatable bonds is 5. The molecule has 0 atom stereocenters. The number of carbonyl (C=O) groups excluding carboxylic acids is 1. The normalized spacial score (nSPS) is 11.4. The molecule has 0 aromatic heterocycles. The van der Waals surface area contributed by atoms with E-state index in [1.54, 1.807) is 36.4 Å². The van der Waals surface area contributed by atoms with E-state index in [1.807, 2.05) is 12.1 Å². The second-order valence-corrected chi connectivity index (χ2v) is 6.27. The predicted octanol–water partition coefficient (Wildman–Crippen LogP) is 5.30. The molecule has 27 heavy (non-hydrogen) atoms. The number of nitrogen functional groups attached to an aromatic ring is 1. The van der Waals surface area contributed by atoms with E-state index in [-0.39, 0.29) is 5.78 Å². The number of para-hydroxylation sites is 1. The molecule has 5 heteroatoms. The second kappa shape index (κ2) is 7.66. The zero-order valence-electron chi connectivity index (χ0n) is 14.5. The molecular formula is C22H18F3NO. The topological polar surface area (TPSA) is 43.1 Å². The van der Waals surface area contributed by atoms with Crippen molar-refractivity contribution in [2.75, 3.05) is 5.73 Å². The first-order valence-corrected chi connectivity index (χ1v) is 8.49. The summed E-state index contributed by atoms with van der Waals surface area (Å²) in [5.74, 6) is -0.156. The molecule has 0 radical (unpaired) electrons. The molecule has 0 saturated heterocycles. The highest BCUT2D eigenvalue weighted by atomic mass is 19.4. The Morgan fingerprint density at radius 2 is 1.37 bits per heavy atom. The minimum Gasteiger partial charge on any atom is -0.398 e. The van der Waals surface area contributed by atoms with Crippen molar-refractivity contribution in [3.05, 3.63) is 101 Å². The zero-order valence-corrected chi connectivity index (χ0v) is 14.5. The monoisotopic (exact) mass is 369 g/mol. The second-order valence-electron chi connectivity index (χ2n) is 6.27. The Morgan fingerprint density at radius 3 is 2.00 bits per heavy atom. The van der Waals surface area contributed by atoms with Crippen molar-refractivity contribution < 1.29 is 18.0 Å². The average molecular weight is 369 g/mol. The fourth-order valence-electron chi connectivity index (χ4n) is 2.95. The maximum absolute atomic E-state index is 12.8. The minimum absolute atomic E-state index is 0.156. The van der Waals surface area contributed by atoms with E-state index in [2.05, 4.69) is 0 Å². The molecule has 0 fully saturated rings. The van der Waals surface area contributed by atoms with Crippen LogP contribution in [0.2, 0.25) is 0 Å². The molecule has 0 bridgehead atoms. The number of alkyl halides is 3. The molecule has 0 amide bonds. The Labute approximate surface area is 155 Å². The van der Waals surface area contributed by atoms with Crippen molar-refractivity contribution >= 4 is 11.5 Å². The van der Waals surface area contributed by atoms with Gasteiger partial charge in [-0.1, -0.05) is 48.5 Å². The van der Waals surface area contributed by atoms with E-state index in [0.29, 0.717) is 29.7 Å². The SMILES string of the molecule is Nc1ccccc1C(=O)c1ccccc1CCc1ccc(C(F)(F)F)cc1. The smallest absolute Gasteiger partial charge is 0.398 e. The third kappa shape index (κ3) is 4.37. The summed E-state index contributed by atoms with van der Waals surface area (Å²) in [5.41, 5.74) is 8.28. The maximum Gasteiger partial charge on any atom is 0.416 e. The number of benzene rings is 3. The molecule has 0 heterocycles. The standard InChI is InChI=1S/C22H18F3NO/c23-22(24,25)17-13-10-15(11-14-17)9-12-16-5-1-2-6-18(16)21(27)19-7-3-4-8-20(19)26/h1-8,10-11,13-14H,9,12,26H2. The molecule has 138 valence electrons. The Balaban J connectivity index is 1.79. The lowest BCUT2D eigenvalue weighted by molar-refractivity contribution is -0.137. The van der Waals surface area contributed by atoms with E-state index < -0.39 is 11.7 Å². The van der Waals surface area contributed by atoms with Crippen LogP contribution in [0.15, 0.2) is 72.8 Å². The van der Waals surface area contributed by atoms with Gasteiger partial charge in [0.2, 0.25) is 0 Å². The largest absolute Gasteiger partial charge is 0.416 e. The van der Waals surface area contributed by atoms with Crippen LogP contribution in [0.5, 0.6) is 0 Å². The Hall–Kier alpha value is -3.08. The molecule has 0 spiro atoms. The van der Waals surface area contributed by atoms with Crippen LogP contribution in [0, 0.1) is 0 Å². The molecule has 0 aliphatic heterocycles. The van der Waals surface area contributed by atoms with Crippen molar-refractivity contribution in [1.29, 1.82) is 0 Å². The number of nitrogens with two attached hydrogens (primary N) is 1. The average Bonchev–Trinajstić information content (AvgIpc) is 2.66. The van der Waals surface area contributed by atoms with E-state index in [9.17, 15) is 18.0 Å². The van der Waals surface area contributed by atoms with Crippen LogP contribution in [0.1, 0.15) is 32.6 Å². The third-order valence-corrected chi connectivity index (χ3v) is 4.43. The first-order valence-electron chi connectivity index (χ1n) is 8.49. The molecule has 3 rings (SSSR count). The van der Waals surface area contributed by atoms with Gasteiger partial charge < -0.3 is 5.73 Å². The van der Waals surface area contributed by atoms with Crippen molar-refractivity contribution in [1.82, 2.24) is 0 Å². The Morgan fingerprint density at radius 1 is 0.778 bits per heavy atom. The van der Waals surface area contributed by atoms with Gasteiger partial charge in [-0.3, -0.25) is 4.79 Å². The third-order valence-electron chi connectivity index (χ3n) is 4.43. The number of halogens is 3.